The lowest BCUT2D eigenvalue weighted by Gasteiger charge is -2.02. The predicted molar refractivity (Wildman–Crippen MR) is 84.3 cm³/mol. The number of nitrogens with one attached hydrogen (secondary N) is 1. The van der Waals surface area contributed by atoms with Crippen LogP contribution in [0.1, 0.15) is 0 Å². The van der Waals surface area contributed by atoms with Gasteiger partial charge in [0.15, 0.2) is 0 Å². The van der Waals surface area contributed by atoms with E-state index in [0.29, 0.717) is 15.9 Å². The van der Waals surface area contributed by atoms with Gasteiger partial charge in [-0.05, 0) is 24.3 Å². The number of fused-ring (bicyclic) bond motifs is 2. The number of hydrogen-bond acceptors (Lipinski definition) is 5. The zero-order valence-corrected chi connectivity index (χ0v) is 12.3. The molecule has 2 aromatic carbocycles. The van der Waals surface area contributed by atoms with Crippen molar-refractivity contribution < 1.29 is 8.78 Å². The molecule has 0 unspecified atom stereocenters. The molecule has 1 N–H and O–H groups in total. The van der Waals surface area contributed by atoms with E-state index in [0.717, 1.165) is 28.0 Å². The van der Waals surface area contributed by atoms with Crippen LogP contribution in [0.4, 0.5) is 19.6 Å². The Kier molecular flexibility index (Phi) is 3.05. The summed E-state index contributed by atoms with van der Waals surface area (Å²) in [5, 5.41) is 7.59. The van der Waals surface area contributed by atoms with Crippen LogP contribution in [0, 0.1) is 11.6 Å². The van der Waals surface area contributed by atoms with E-state index >= 15 is 0 Å². The number of nitrogens with zero attached hydrogens (tertiary/aromatic N) is 3. The lowest BCUT2D eigenvalue weighted by molar-refractivity contribution is 0.586. The SMILES string of the molecule is O=c1c2ccccc2nc2sc(Nc3ccc(F)cc3F)nn12. The second kappa shape index (κ2) is 5.10. The van der Waals surface area contributed by atoms with Crippen LogP contribution in [0.15, 0.2) is 47.3 Å². The van der Waals surface area contributed by atoms with Crippen LogP contribution in [0.25, 0.3) is 15.9 Å². The summed E-state index contributed by atoms with van der Waals surface area (Å²) in [6.07, 6.45) is 0. The van der Waals surface area contributed by atoms with Crippen molar-refractivity contribution in [3.05, 3.63) is 64.5 Å². The minimum Gasteiger partial charge on any atom is -0.328 e. The molecule has 0 saturated carbocycles. The molecule has 0 amide bonds. The van der Waals surface area contributed by atoms with E-state index in [2.05, 4.69) is 15.4 Å². The summed E-state index contributed by atoms with van der Waals surface area (Å²) in [7, 11) is 0. The van der Waals surface area contributed by atoms with Crippen LogP contribution >= 0.6 is 11.3 Å². The molecule has 5 nitrogen and oxygen atoms in total. The van der Waals surface area contributed by atoms with Crippen molar-refractivity contribution in [2.45, 2.75) is 0 Å². The van der Waals surface area contributed by atoms with E-state index in [1.165, 1.54) is 6.07 Å². The number of aromatic nitrogens is 3. The summed E-state index contributed by atoms with van der Waals surface area (Å²) in [5.41, 5.74) is 0.346. The van der Waals surface area contributed by atoms with Gasteiger partial charge in [0.2, 0.25) is 10.1 Å². The largest absolute Gasteiger partial charge is 0.328 e. The van der Waals surface area contributed by atoms with Crippen molar-refractivity contribution in [3.63, 3.8) is 0 Å². The van der Waals surface area contributed by atoms with Crippen molar-refractivity contribution in [1.82, 2.24) is 14.6 Å². The van der Waals surface area contributed by atoms with Gasteiger partial charge < -0.3 is 5.32 Å². The lowest BCUT2D eigenvalue weighted by Crippen LogP contribution is -2.15. The van der Waals surface area contributed by atoms with Crippen LogP contribution in [-0.4, -0.2) is 14.6 Å². The molecule has 2 heterocycles. The Morgan fingerprint density at radius 3 is 2.78 bits per heavy atom. The molecule has 23 heavy (non-hydrogen) atoms. The molecule has 0 radical (unpaired) electrons. The lowest BCUT2D eigenvalue weighted by atomic mass is 10.2. The highest BCUT2D eigenvalue weighted by atomic mass is 32.1. The van der Waals surface area contributed by atoms with E-state index in [1.807, 2.05) is 0 Å². The van der Waals surface area contributed by atoms with Gasteiger partial charge in [-0.25, -0.2) is 13.8 Å². The molecule has 0 bridgehead atoms. The summed E-state index contributed by atoms with van der Waals surface area (Å²) < 4.78 is 27.8. The third-order valence-corrected chi connectivity index (χ3v) is 4.10. The molecule has 114 valence electrons. The Bertz CT molecular complexity index is 1110. The highest BCUT2D eigenvalue weighted by molar-refractivity contribution is 7.20. The molecule has 0 saturated heterocycles. The summed E-state index contributed by atoms with van der Waals surface area (Å²) in [6.45, 7) is 0. The topological polar surface area (TPSA) is 59.3 Å². The number of hydrogen-bond donors (Lipinski definition) is 1. The fourth-order valence-corrected chi connectivity index (χ4v) is 3.02. The predicted octanol–water partition coefficient (Wildman–Crippen LogP) is 3.33. The average molecular weight is 330 g/mol. The molecule has 0 aliphatic carbocycles. The average Bonchev–Trinajstić information content (AvgIpc) is 2.93. The summed E-state index contributed by atoms with van der Waals surface area (Å²) in [5.74, 6) is -1.41. The van der Waals surface area contributed by atoms with Crippen molar-refractivity contribution in [2.75, 3.05) is 5.32 Å². The first-order chi connectivity index (χ1) is 11.1. The van der Waals surface area contributed by atoms with Gasteiger partial charge in [-0.15, -0.1) is 5.10 Å². The molecule has 0 atom stereocenters. The molecule has 2 aromatic heterocycles. The van der Waals surface area contributed by atoms with Crippen molar-refractivity contribution in [2.24, 2.45) is 0 Å². The van der Waals surface area contributed by atoms with Crippen molar-refractivity contribution in [1.29, 1.82) is 0 Å². The molecule has 0 fully saturated rings. The first-order valence-electron chi connectivity index (χ1n) is 6.62. The molecule has 0 aliphatic rings. The van der Waals surface area contributed by atoms with Crippen LogP contribution in [-0.2, 0) is 0 Å². The van der Waals surface area contributed by atoms with E-state index in [9.17, 15) is 13.6 Å². The zero-order valence-electron chi connectivity index (χ0n) is 11.5. The normalized spacial score (nSPS) is 11.2. The third-order valence-electron chi connectivity index (χ3n) is 3.28. The Morgan fingerprint density at radius 2 is 1.96 bits per heavy atom. The van der Waals surface area contributed by atoms with Gasteiger partial charge in [0.1, 0.15) is 11.6 Å². The Balaban J connectivity index is 1.84. The van der Waals surface area contributed by atoms with Gasteiger partial charge >= 0.3 is 0 Å². The molecular weight excluding hydrogens is 322 g/mol. The maximum absolute atomic E-state index is 13.7. The number of anilines is 2. The highest BCUT2D eigenvalue weighted by Crippen LogP contribution is 2.24. The monoisotopic (exact) mass is 330 g/mol. The van der Waals surface area contributed by atoms with Gasteiger partial charge in [-0.1, -0.05) is 23.5 Å². The summed E-state index contributed by atoms with van der Waals surface area (Å²) in [4.78, 5) is 17.1. The van der Waals surface area contributed by atoms with Gasteiger partial charge in [0.05, 0.1) is 16.6 Å². The molecule has 8 heteroatoms. The van der Waals surface area contributed by atoms with Gasteiger partial charge in [0, 0.05) is 6.07 Å². The van der Waals surface area contributed by atoms with Crippen LogP contribution < -0.4 is 10.9 Å². The number of benzene rings is 2. The Labute approximate surface area is 131 Å². The third kappa shape index (κ3) is 2.33. The minimum absolute atomic E-state index is 0.0723. The smallest absolute Gasteiger partial charge is 0.283 e. The maximum atomic E-state index is 13.7. The van der Waals surface area contributed by atoms with Crippen molar-refractivity contribution >= 4 is 38.0 Å². The quantitative estimate of drug-likeness (QED) is 0.612. The highest BCUT2D eigenvalue weighted by Gasteiger charge is 2.12. The van der Waals surface area contributed by atoms with Gasteiger partial charge in [-0.2, -0.15) is 4.52 Å². The minimum atomic E-state index is -0.741. The van der Waals surface area contributed by atoms with E-state index in [1.54, 1.807) is 24.3 Å². The Hall–Kier alpha value is -2.87. The van der Waals surface area contributed by atoms with Crippen LogP contribution in [0.5, 0.6) is 0 Å². The second-order valence-corrected chi connectivity index (χ2v) is 5.74. The second-order valence-electron chi connectivity index (χ2n) is 4.78. The number of para-hydroxylation sites is 1. The number of rotatable bonds is 2. The fraction of sp³-hybridized carbons (Fsp3) is 0. The zero-order chi connectivity index (χ0) is 16.0. The molecular formula is C15H8F2N4OS. The molecule has 0 spiro atoms. The molecule has 0 aliphatic heterocycles. The van der Waals surface area contributed by atoms with E-state index in [-0.39, 0.29) is 16.4 Å². The first kappa shape index (κ1) is 13.8. The van der Waals surface area contributed by atoms with Crippen LogP contribution in [0.3, 0.4) is 0 Å². The van der Waals surface area contributed by atoms with Gasteiger partial charge in [-0.3, -0.25) is 4.79 Å². The standard InChI is InChI=1S/C15H8F2N4OS/c16-8-5-6-12(10(17)7-8)18-14-20-21-13(22)9-3-1-2-4-11(9)19-15(21)23-14/h1-7H,(H,18,20). The van der Waals surface area contributed by atoms with Crippen molar-refractivity contribution in [3.8, 4) is 0 Å². The number of halogens is 2. The van der Waals surface area contributed by atoms with Crippen LogP contribution in [0.2, 0.25) is 0 Å². The molecule has 4 aromatic rings. The summed E-state index contributed by atoms with van der Waals surface area (Å²) >= 11 is 1.10. The first-order valence-corrected chi connectivity index (χ1v) is 7.44. The maximum Gasteiger partial charge on any atom is 0.283 e. The van der Waals surface area contributed by atoms with E-state index < -0.39 is 11.6 Å². The molecule has 4 rings (SSSR count). The van der Waals surface area contributed by atoms with Gasteiger partial charge in [0.25, 0.3) is 5.56 Å². The van der Waals surface area contributed by atoms with E-state index in [4.69, 9.17) is 0 Å². The fourth-order valence-electron chi connectivity index (χ4n) is 2.21. The summed E-state index contributed by atoms with van der Waals surface area (Å²) in [6, 6.07) is 10.1. The Morgan fingerprint density at radius 1 is 1.13 bits per heavy atom.